The van der Waals surface area contributed by atoms with Gasteiger partial charge in [-0.25, -0.2) is 4.98 Å². The molecule has 2 heterocycles. The van der Waals surface area contributed by atoms with Crippen LogP contribution in [0.15, 0.2) is 42.7 Å². The van der Waals surface area contributed by atoms with Crippen LogP contribution in [0.4, 0.5) is 5.82 Å². The summed E-state index contributed by atoms with van der Waals surface area (Å²) in [7, 11) is 0. The summed E-state index contributed by atoms with van der Waals surface area (Å²) in [6, 6.07) is 9.91. The van der Waals surface area contributed by atoms with E-state index in [9.17, 15) is 0 Å². The monoisotopic (exact) mass is 213 g/mol. The van der Waals surface area contributed by atoms with E-state index in [1.165, 1.54) is 5.56 Å². The van der Waals surface area contributed by atoms with Crippen molar-refractivity contribution in [2.24, 2.45) is 0 Å². The highest BCUT2D eigenvalue weighted by molar-refractivity contribution is 5.34. The van der Waals surface area contributed by atoms with Crippen LogP contribution in [0, 0.1) is 0 Å². The van der Waals surface area contributed by atoms with Crippen LogP contribution >= 0.6 is 0 Å². The van der Waals surface area contributed by atoms with Gasteiger partial charge in [-0.2, -0.15) is 0 Å². The predicted molar refractivity (Wildman–Crippen MR) is 65.2 cm³/mol. The van der Waals surface area contributed by atoms with E-state index in [1.54, 1.807) is 6.20 Å². The number of rotatable bonds is 4. The van der Waals surface area contributed by atoms with Gasteiger partial charge in [-0.3, -0.25) is 4.98 Å². The first-order valence-electron chi connectivity index (χ1n) is 5.48. The van der Waals surface area contributed by atoms with Crippen molar-refractivity contribution in [3.8, 4) is 0 Å². The van der Waals surface area contributed by atoms with Crippen molar-refractivity contribution in [2.45, 2.75) is 19.9 Å². The number of hydrogen-bond acceptors (Lipinski definition) is 3. The second kappa shape index (κ2) is 5.26. The fourth-order valence-electron chi connectivity index (χ4n) is 1.59. The normalized spacial score (nSPS) is 10.1. The largest absolute Gasteiger partial charge is 0.364 e. The van der Waals surface area contributed by atoms with Crippen molar-refractivity contribution in [3.05, 3.63) is 54.0 Å². The molecular weight excluding hydrogens is 198 g/mol. The number of nitrogens with zero attached hydrogens (tertiary/aromatic N) is 2. The maximum Gasteiger partial charge on any atom is 0.126 e. The molecule has 0 aliphatic heterocycles. The Bertz CT molecular complexity index is 440. The molecule has 0 saturated heterocycles. The Balaban J connectivity index is 2.05. The number of hydrogen-bond donors (Lipinski definition) is 1. The predicted octanol–water partition coefficient (Wildman–Crippen LogP) is 2.65. The fourth-order valence-corrected chi connectivity index (χ4v) is 1.59. The van der Waals surface area contributed by atoms with Gasteiger partial charge in [-0.05, 0) is 30.2 Å². The Labute approximate surface area is 95.6 Å². The average Bonchev–Trinajstić information content (AvgIpc) is 2.38. The van der Waals surface area contributed by atoms with E-state index in [2.05, 4.69) is 28.3 Å². The number of nitrogens with one attached hydrogen (secondary N) is 1. The Morgan fingerprint density at radius 1 is 1.06 bits per heavy atom. The number of pyridine rings is 2. The molecule has 0 bridgehead atoms. The van der Waals surface area contributed by atoms with Gasteiger partial charge in [0.15, 0.2) is 0 Å². The number of anilines is 1. The van der Waals surface area contributed by atoms with E-state index in [0.717, 1.165) is 24.5 Å². The van der Waals surface area contributed by atoms with E-state index in [4.69, 9.17) is 0 Å². The number of aromatic nitrogens is 2. The molecule has 2 rings (SSSR count). The lowest BCUT2D eigenvalue weighted by Crippen LogP contribution is -2.05. The third-order valence-corrected chi connectivity index (χ3v) is 2.47. The molecule has 0 radical (unpaired) electrons. The van der Waals surface area contributed by atoms with E-state index >= 15 is 0 Å². The first kappa shape index (κ1) is 10.6. The topological polar surface area (TPSA) is 37.8 Å². The van der Waals surface area contributed by atoms with Gasteiger partial charge in [-0.15, -0.1) is 0 Å². The van der Waals surface area contributed by atoms with Crippen molar-refractivity contribution in [3.63, 3.8) is 0 Å². The van der Waals surface area contributed by atoms with Gasteiger partial charge in [0.2, 0.25) is 0 Å². The molecule has 0 spiro atoms. The van der Waals surface area contributed by atoms with Crippen LogP contribution < -0.4 is 5.32 Å². The first-order chi connectivity index (χ1) is 7.90. The molecule has 0 aliphatic carbocycles. The second-order valence-electron chi connectivity index (χ2n) is 3.53. The lowest BCUT2D eigenvalue weighted by atomic mass is 10.1. The molecule has 0 unspecified atom stereocenters. The fraction of sp³-hybridized carbons (Fsp3) is 0.231. The summed E-state index contributed by atoms with van der Waals surface area (Å²) in [6.07, 6.45) is 4.61. The maximum atomic E-state index is 4.37. The van der Waals surface area contributed by atoms with Crippen molar-refractivity contribution in [1.29, 1.82) is 0 Å². The number of aryl methyl sites for hydroxylation is 1. The lowest BCUT2D eigenvalue weighted by molar-refractivity contribution is 0.964. The SMILES string of the molecule is CCc1cccnc1CNc1ccccn1. The molecule has 0 fully saturated rings. The van der Waals surface area contributed by atoms with Gasteiger partial charge in [0.1, 0.15) is 5.82 Å². The Morgan fingerprint density at radius 2 is 1.94 bits per heavy atom. The van der Waals surface area contributed by atoms with Crippen molar-refractivity contribution >= 4 is 5.82 Å². The Hall–Kier alpha value is -1.90. The van der Waals surface area contributed by atoms with Crippen LogP contribution in [0.5, 0.6) is 0 Å². The summed E-state index contributed by atoms with van der Waals surface area (Å²) < 4.78 is 0. The molecule has 0 aliphatic rings. The Kier molecular flexibility index (Phi) is 3.49. The molecule has 0 aromatic carbocycles. The average molecular weight is 213 g/mol. The minimum atomic E-state index is 0.723. The molecule has 82 valence electrons. The van der Waals surface area contributed by atoms with Crippen LogP contribution in [0.25, 0.3) is 0 Å². The van der Waals surface area contributed by atoms with E-state index < -0.39 is 0 Å². The zero-order valence-corrected chi connectivity index (χ0v) is 9.35. The summed E-state index contributed by atoms with van der Waals surface area (Å²) in [6.45, 7) is 2.86. The highest BCUT2D eigenvalue weighted by Gasteiger charge is 2.00. The molecule has 3 heteroatoms. The van der Waals surface area contributed by atoms with E-state index in [1.807, 2.05) is 30.5 Å². The Morgan fingerprint density at radius 3 is 2.69 bits per heavy atom. The van der Waals surface area contributed by atoms with E-state index in [-0.39, 0.29) is 0 Å². The lowest BCUT2D eigenvalue weighted by Gasteiger charge is -2.08. The van der Waals surface area contributed by atoms with Gasteiger partial charge in [0, 0.05) is 12.4 Å². The minimum absolute atomic E-state index is 0.723. The summed E-state index contributed by atoms with van der Waals surface area (Å²) in [5.74, 6) is 0.884. The van der Waals surface area contributed by atoms with Crippen LogP contribution in [0.1, 0.15) is 18.2 Å². The highest BCUT2D eigenvalue weighted by atomic mass is 15.0. The zero-order chi connectivity index (χ0) is 11.2. The van der Waals surface area contributed by atoms with E-state index in [0.29, 0.717) is 0 Å². The zero-order valence-electron chi connectivity index (χ0n) is 9.35. The molecule has 2 aromatic rings. The molecule has 2 aromatic heterocycles. The van der Waals surface area contributed by atoms with Gasteiger partial charge in [-0.1, -0.05) is 19.1 Å². The third-order valence-electron chi connectivity index (χ3n) is 2.47. The van der Waals surface area contributed by atoms with Crippen LogP contribution in [-0.4, -0.2) is 9.97 Å². The minimum Gasteiger partial charge on any atom is -0.364 e. The molecule has 0 atom stereocenters. The molecule has 1 N–H and O–H groups in total. The quantitative estimate of drug-likeness (QED) is 0.848. The molecule has 16 heavy (non-hydrogen) atoms. The third kappa shape index (κ3) is 2.57. The molecule has 3 nitrogen and oxygen atoms in total. The summed E-state index contributed by atoms with van der Waals surface area (Å²) in [5, 5.41) is 3.26. The van der Waals surface area contributed by atoms with Crippen LogP contribution in [0.2, 0.25) is 0 Å². The van der Waals surface area contributed by atoms with Crippen molar-refractivity contribution in [2.75, 3.05) is 5.32 Å². The van der Waals surface area contributed by atoms with Crippen molar-refractivity contribution < 1.29 is 0 Å². The smallest absolute Gasteiger partial charge is 0.126 e. The second-order valence-corrected chi connectivity index (χ2v) is 3.53. The van der Waals surface area contributed by atoms with Crippen LogP contribution in [0.3, 0.4) is 0 Å². The summed E-state index contributed by atoms with van der Waals surface area (Å²) in [4.78, 5) is 8.58. The van der Waals surface area contributed by atoms with Gasteiger partial charge in [0.05, 0.1) is 12.2 Å². The summed E-state index contributed by atoms with van der Waals surface area (Å²) in [5.41, 5.74) is 2.38. The van der Waals surface area contributed by atoms with Crippen LogP contribution in [-0.2, 0) is 13.0 Å². The first-order valence-corrected chi connectivity index (χ1v) is 5.48. The molecule has 0 saturated carbocycles. The van der Waals surface area contributed by atoms with Gasteiger partial charge < -0.3 is 5.32 Å². The van der Waals surface area contributed by atoms with Gasteiger partial charge in [0.25, 0.3) is 0 Å². The summed E-state index contributed by atoms with van der Waals surface area (Å²) >= 11 is 0. The maximum absolute atomic E-state index is 4.37. The van der Waals surface area contributed by atoms with Gasteiger partial charge >= 0.3 is 0 Å². The van der Waals surface area contributed by atoms with Crippen molar-refractivity contribution in [1.82, 2.24) is 9.97 Å². The highest BCUT2D eigenvalue weighted by Crippen LogP contribution is 2.08. The molecule has 0 amide bonds. The molecular formula is C13H15N3. The standard InChI is InChI=1S/C13H15N3/c1-2-11-6-5-9-14-12(11)10-16-13-7-3-4-8-15-13/h3-9H,2,10H2,1H3,(H,15,16).